The van der Waals surface area contributed by atoms with Crippen molar-refractivity contribution < 1.29 is 9.53 Å². The van der Waals surface area contributed by atoms with Gasteiger partial charge in [0.25, 0.3) is 0 Å². The van der Waals surface area contributed by atoms with Crippen molar-refractivity contribution in [1.29, 1.82) is 0 Å². The zero-order valence-corrected chi connectivity index (χ0v) is 15.1. The highest BCUT2D eigenvalue weighted by molar-refractivity contribution is 5.75. The minimum atomic E-state index is -0.119. The van der Waals surface area contributed by atoms with Crippen molar-refractivity contribution >= 4 is 5.91 Å². The van der Waals surface area contributed by atoms with Gasteiger partial charge in [-0.2, -0.15) is 4.80 Å². The summed E-state index contributed by atoms with van der Waals surface area (Å²) >= 11 is 0. The first kappa shape index (κ1) is 17.2. The minimum absolute atomic E-state index is 0.0435. The van der Waals surface area contributed by atoms with Gasteiger partial charge in [-0.05, 0) is 35.8 Å². The number of nitrogens with one attached hydrogen (secondary N) is 1. The van der Waals surface area contributed by atoms with Crippen LogP contribution in [0.1, 0.15) is 18.4 Å². The van der Waals surface area contributed by atoms with E-state index in [2.05, 4.69) is 32.9 Å². The van der Waals surface area contributed by atoms with Crippen LogP contribution in [0.25, 0.3) is 11.4 Å². The maximum absolute atomic E-state index is 12.3. The van der Waals surface area contributed by atoms with Gasteiger partial charge >= 0.3 is 0 Å². The molecule has 1 amide bonds. The lowest BCUT2D eigenvalue weighted by Crippen LogP contribution is -2.35. The van der Waals surface area contributed by atoms with Crippen molar-refractivity contribution in [1.82, 2.24) is 25.5 Å². The van der Waals surface area contributed by atoms with E-state index in [0.717, 1.165) is 24.2 Å². The molecule has 0 atom stereocenters. The summed E-state index contributed by atoms with van der Waals surface area (Å²) in [6, 6.07) is 17.7. The van der Waals surface area contributed by atoms with E-state index in [1.165, 1.54) is 10.4 Å². The second-order valence-electron chi connectivity index (χ2n) is 6.80. The van der Waals surface area contributed by atoms with Gasteiger partial charge in [0.1, 0.15) is 12.3 Å². The Morgan fingerprint density at radius 2 is 2.00 bits per heavy atom. The molecule has 0 saturated heterocycles. The molecule has 2 aromatic carbocycles. The first-order valence-electron chi connectivity index (χ1n) is 8.93. The topological polar surface area (TPSA) is 81.9 Å². The van der Waals surface area contributed by atoms with Gasteiger partial charge in [-0.1, -0.05) is 42.5 Å². The predicted molar refractivity (Wildman–Crippen MR) is 100 cm³/mol. The van der Waals surface area contributed by atoms with Crippen LogP contribution >= 0.6 is 0 Å². The van der Waals surface area contributed by atoms with Crippen LogP contribution in [-0.2, 0) is 16.8 Å². The highest BCUT2D eigenvalue weighted by Gasteiger charge is 2.44. The van der Waals surface area contributed by atoms with E-state index >= 15 is 0 Å². The number of ether oxygens (including phenoxy) is 1. The molecule has 1 aliphatic carbocycles. The van der Waals surface area contributed by atoms with Crippen molar-refractivity contribution in [2.45, 2.75) is 24.8 Å². The Balaban J connectivity index is 1.36. The van der Waals surface area contributed by atoms with E-state index in [0.29, 0.717) is 12.4 Å². The lowest BCUT2D eigenvalue weighted by atomic mass is 9.96. The molecule has 0 spiro atoms. The van der Waals surface area contributed by atoms with E-state index in [4.69, 9.17) is 4.74 Å². The Morgan fingerprint density at radius 3 is 2.74 bits per heavy atom. The summed E-state index contributed by atoms with van der Waals surface area (Å²) < 4.78 is 5.21. The summed E-state index contributed by atoms with van der Waals surface area (Å²) in [5.74, 6) is 1.06. The monoisotopic (exact) mass is 363 g/mol. The Labute approximate surface area is 157 Å². The van der Waals surface area contributed by atoms with Crippen LogP contribution in [0.4, 0.5) is 0 Å². The molecule has 1 heterocycles. The first-order chi connectivity index (χ1) is 13.2. The molecule has 27 heavy (non-hydrogen) atoms. The number of hydrogen-bond donors (Lipinski definition) is 1. The molecule has 1 aromatic heterocycles. The summed E-state index contributed by atoms with van der Waals surface area (Å²) in [6.07, 6.45) is 2.19. The smallest absolute Gasteiger partial charge is 0.243 e. The number of hydrogen-bond acceptors (Lipinski definition) is 5. The lowest BCUT2D eigenvalue weighted by Gasteiger charge is -2.16. The van der Waals surface area contributed by atoms with Gasteiger partial charge in [0.2, 0.25) is 11.7 Å². The summed E-state index contributed by atoms with van der Waals surface area (Å²) in [6.45, 7) is 0.676. The molecule has 3 aromatic rings. The zero-order chi connectivity index (χ0) is 18.7. The second kappa shape index (κ2) is 7.19. The maximum Gasteiger partial charge on any atom is 0.243 e. The van der Waals surface area contributed by atoms with Crippen LogP contribution in [-0.4, -0.2) is 39.8 Å². The van der Waals surface area contributed by atoms with Gasteiger partial charge in [-0.15, -0.1) is 10.2 Å². The Morgan fingerprint density at radius 1 is 1.19 bits per heavy atom. The molecule has 0 bridgehead atoms. The van der Waals surface area contributed by atoms with Gasteiger partial charge in [0.15, 0.2) is 0 Å². The van der Waals surface area contributed by atoms with Gasteiger partial charge in [0.05, 0.1) is 7.11 Å². The summed E-state index contributed by atoms with van der Waals surface area (Å²) in [7, 11) is 1.61. The highest BCUT2D eigenvalue weighted by atomic mass is 16.5. The van der Waals surface area contributed by atoms with Crippen LogP contribution in [0.2, 0.25) is 0 Å². The Hall–Kier alpha value is -3.22. The minimum Gasteiger partial charge on any atom is -0.497 e. The molecule has 0 aliphatic heterocycles. The average Bonchev–Trinajstić information content (AvgIpc) is 3.38. The van der Waals surface area contributed by atoms with E-state index in [1.807, 2.05) is 42.5 Å². The maximum atomic E-state index is 12.3. The van der Waals surface area contributed by atoms with Crippen molar-refractivity contribution in [2.24, 2.45) is 0 Å². The largest absolute Gasteiger partial charge is 0.497 e. The Bertz CT molecular complexity index is 934. The Kier molecular flexibility index (Phi) is 4.58. The molecule has 1 N–H and O–H groups in total. The third-order valence-electron chi connectivity index (χ3n) is 4.93. The van der Waals surface area contributed by atoms with Crippen molar-refractivity contribution in [3.63, 3.8) is 0 Å². The number of methoxy groups -OCH3 is 1. The number of tetrazole rings is 1. The van der Waals surface area contributed by atoms with Crippen LogP contribution in [0, 0.1) is 0 Å². The van der Waals surface area contributed by atoms with Crippen molar-refractivity contribution in [2.75, 3.05) is 13.7 Å². The number of amides is 1. The molecule has 1 fully saturated rings. The van der Waals surface area contributed by atoms with Gasteiger partial charge in [-0.25, -0.2) is 0 Å². The standard InChI is InChI=1S/C20H21N5O2/c1-27-17-9-5-6-15(12-17)19-22-24-25(23-19)13-18(26)21-14-20(10-11-20)16-7-3-2-4-8-16/h2-9,12H,10-11,13-14H2,1H3,(H,21,26). The molecule has 4 rings (SSSR count). The number of carbonyl (C=O) groups excluding carboxylic acids is 1. The number of benzene rings is 2. The van der Waals surface area contributed by atoms with E-state index in [-0.39, 0.29) is 17.9 Å². The van der Waals surface area contributed by atoms with Crippen LogP contribution in [0.5, 0.6) is 5.75 Å². The number of nitrogens with zero attached hydrogens (tertiary/aromatic N) is 4. The molecule has 0 unspecified atom stereocenters. The quantitative estimate of drug-likeness (QED) is 0.696. The summed E-state index contributed by atoms with van der Waals surface area (Å²) in [5.41, 5.74) is 2.16. The van der Waals surface area contributed by atoms with Crippen LogP contribution in [0.3, 0.4) is 0 Å². The number of aromatic nitrogens is 4. The van der Waals surface area contributed by atoms with E-state index < -0.39 is 0 Å². The molecule has 7 heteroatoms. The van der Waals surface area contributed by atoms with Crippen LogP contribution < -0.4 is 10.1 Å². The van der Waals surface area contributed by atoms with Gasteiger partial charge in [-0.3, -0.25) is 4.79 Å². The molecule has 7 nitrogen and oxygen atoms in total. The number of carbonyl (C=O) groups is 1. The average molecular weight is 363 g/mol. The zero-order valence-electron chi connectivity index (χ0n) is 15.1. The predicted octanol–water partition coefficient (Wildman–Crippen LogP) is 2.20. The van der Waals surface area contributed by atoms with Crippen LogP contribution in [0.15, 0.2) is 54.6 Å². The van der Waals surface area contributed by atoms with Crippen molar-refractivity contribution in [3.05, 3.63) is 60.2 Å². The fourth-order valence-electron chi connectivity index (χ4n) is 3.15. The normalized spacial score (nSPS) is 14.6. The van der Waals surface area contributed by atoms with E-state index in [1.54, 1.807) is 7.11 Å². The molecule has 0 radical (unpaired) electrons. The summed E-state index contributed by atoms with van der Waals surface area (Å²) in [4.78, 5) is 13.6. The third-order valence-corrected chi connectivity index (χ3v) is 4.93. The molecular formula is C20H21N5O2. The van der Waals surface area contributed by atoms with Gasteiger partial charge in [0, 0.05) is 17.5 Å². The molecule has 1 aliphatic rings. The molecular weight excluding hydrogens is 342 g/mol. The fourth-order valence-corrected chi connectivity index (χ4v) is 3.15. The van der Waals surface area contributed by atoms with Gasteiger partial charge < -0.3 is 10.1 Å². The molecule has 138 valence electrons. The summed E-state index contributed by atoms with van der Waals surface area (Å²) in [5, 5.41) is 15.3. The van der Waals surface area contributed by atoms with Crippen molar-refractivity contribution in [3.8, 4) is 17.1 Å². The molecule has 1 saturated carbocycles. The third kappa shape index (κ3) is 3.81. The first-order valence-corrected chi connectivity index (χ1v) is 8.93. The van der Waals surface area contributed by atoms with E-state index in [9.17, 15) is 4.79 Å². The SMILES string of the molecule is COc1cccc(-c2nnn(CC(=O)NCC3(c4ccccc4)CC3)n2)c1. The highest BCUT2D eigenvalue weighted by Crippen LogP contribution is 2.47. The second-order valence-corrected chi connectivity index (χ2v) is 6.80. The number of rotatable bonds is 7. The fraction of sp³-hybridized carbons (Fsp3) is 0.300. The lowest BCUT2D eigenvalue weighted by molar-refractivity contribution is -0.122.